The van der Waals surface area contributed by atoms with Crippen LogP contribution in [-0.4, -0.2) is 17.5 Å². The van der Waals surface area contributed by atoms with Crippen LogP contribution in [0.4, 0.5) is 11.4 Å². The summed E-state index contributed by atoms with van der Waals surface area (Å²) in [7, 11) is 0. The van der Waals surface area contributed by atoms with E-state index in [4.69, 9.17) is 20.2 Å². The van der Waals surface area contributed by atoms with E-state index in [9.17, 15) is 8.42 Å². The third-order valence-corrected chi connectivity index (χ3v) is 5.78. The third-order valence-electron chi connectivity index (χ3n) is 4.46. The van der Waals surface area contributed by atoms with E-state index in [1.807, 2.05) is 0 Å². The van der Waals surface area contributed by atoms with Gasteiger partial charge in [0.1, 0.15) is 0 Å². The number of unbranched alkanes of at least 4 members (excludes halogenated alkanes) is 3. The zero-order chi connectivity index (χ0) is 21.9. The van der Waals surface area contributed by atoms with Crippen LogP contribution in [0.2, 0.25) is 0 Å². The van der Waals surface area contributed by atoms with E-state index >= 15 is 0 Å². The Bertz CT molecular complexity index is 965. The molecule has 2 aromatic rings. The van der Waals surface area contributed by atoms with Gasteiger partial charge in [-0.3, -0.25) is 0 Å². The average molecular weight is 449 g/mol. The fraction of sp³-hybridized carbons (Fsp3) is 0.333. The quantitative estimate of drug-likeness (QED) is 0.139. The number of azide groups is 2. The Morgan fingerprint density at radius 2 is 1.13 bits per heavy atom. The Morgan fingerprint density at radius 1 is 0.733 bits per heavy atom. The Morgan fingerprint density at radius 3 is 1.47 bits per heavy atom. The fourth-order valence-electron chi connectivity index (χ4n) is 2.99. The van der Waals surface area contributed by atoms with Gasteiger partial charge in [-0.2, -0.15) is 0 Å². The van der Waals surface area contributed by atoms with Crippen LogP contribution in [0.3, 0.4) is 0 Å². The van der Waals surface area contributed by atoms with Gasteiger partial charge in [0.05, 0.1) is 9.79 Å². The van der Waals surface area contributed by atoms with Gasteiger partial charge >= 0.3 is 0 Å². The van der Waals surface area contributed by atoms with Crippen LogP contribution < -0.4 is 0 Å². The number of benzene rings is 2. The highest BCUT2D eigenvalue weighted by Gasteiger charge is 2.08. The number of hydrogen-bond acceptors (Lipinski definition) is 4. The molecule has 158 valence electrons. The molecule has 30 heavy (non-hydrogen) atoms. The summed E-state index contributed by atoms with van der Waals surface area (Å²) < 4.78 is 40.6. The molecule has 0 saturated carbocycles. The number of aryl methyl sites for hydroxylation is 2. The van der Waals surface area contributed by atoms with Crippen molar-refractivity contribution in [2.24, 2.45) is 10.2 Å². The number of hydrogen-bond donors (Lipinski definition) is 2. The van der Waals surface area contributed by atoms with Crippen LogP contribution in [0.25, 0.3) is 20.9 Å². The summed E-state index contributed by atoms with van der Waals surface area (Å²) in [5, 5.41) is 7.21. The molecule has 0 fully saturated rings. The van der Waals surface area contributed by atoms with Crippen molar-refractivity contribution in [3.05, 3.63) is 68.4 Å². The fourth-order valence-corrected chi connectivity index (χ4v) is 3.79. The van der Waals surface area contributed by atoms with Crippen LogP contribution in [0.5, 0.6) is 0 Å². The SMILES string of the molecule is [N-]=[N+]=Nc1cc(S(=O)O)ccc1CCCCCCc1ccc(S(=O)O)cc1N=[N+]=[N-]. The molecule has 0 radical (unpaired) electrons. The van der Waals surface area contributed by atoms with E-state index in [0.29, 0.717) is 24.2 Å². The maximum Gasteiger partial charge on any atom is 0.186 e. The van der Waals surface area contributed by atoms with Crippen molar-refractivity contribution in [3.8, 4) is 0 Å². The van der Waals surface area contributed by atoms with Gasteiger partial charge in [0, 0.05) is 21.2 Å². The van der Waals surface area contributed by atoms with Crippen molar-refractivity contribution in [1.29, 1.82) is 0 Å². The Balaban J connectivity index is 1.88. The first-order valence-corrected chi connectivity index (χ1v) is 11.3. The largest absolute Gasteiger partial charge is 0.302 e. The number of rotatable bonds is 11. The third kappa shape index (κ3) is 6.96. The summed E-state index contributed by atoms with van der Waals surface area (Å²) >= 11 is -4.26. The van der Waals surface area contributed by atoms with E-state index < -0.39 is 22.2 Å². The monoisotopic (exact) mass is 448 g/mol. The molecule has 0 aliphatic heterocycles. The van der Waals surface area contributed by atoms with E-state index in [-0.39, 0.29) is 9.79 Å². The van der Waals surface area contributed by atoms with Crippen LogP contribution >= 0.6 is 0 Å². The molecule has 12 heteroatoms. The molecule has 0 aromatic heterocycles. The van der Waals surface area contributed by atoms with E-state index in [0.717, 1.165) is 36.8 Å². The summed E-state index contributed by atoms with van der Waals surface area (Å²) in [5.74, 6) is 0. The van der Waals surface area contributed by atoms with Gasteiger partial charge in [0.15, 0.2) is 22.2 Å². The molecule has 0 amide bonds. The van der Waals surface area contributed by atoms with Gasteiger partial charge < -0.3 is 9.11 Å². The lowest BCUT2D eigenvalue weighted by atomic mass is 10.0. The minimum atomic E-state index is -2.13. The topological polar surface area (TPSA) is 172 Å². The molecule has 10 nitrogen and oxygen atoms in total. The summed E-state index contributed by atoms with van der Waals surface area (Å²) in [6.07, 6.45) is 4.88. The van der Waals surface area contributed by atoms with Crippen molar-refractivity contribution < 1.29 is 17.5 Å². The lowest BCUT2D eigenvalue weighted by molar-refractivity contribution is 0.563. The molecule has 0 bridgehead atoms. The lowest BCUT2D eigenvalue weighted by Crippen LogP contribution is -1.93. The molecule has 0 heterocycles. The standard InChI is InChI=1S/C18H20N6O4S2/c19-23-21-17-11-15(29(25)26)9-7-13(17)5-3-1-2-4-6-14-8-10-16(30(27)28)12-18(14)22-24-20/h7-12H,1-6H2,(H,25,26)(H,27,28). The van der Waals surface area contributed by atoms with Crippen molar-refractivity contribution >= 4 is 33.5 Å². The molecule has 2 unspecified atom stereocenters. The molecule has 0 saturated heterocycles. The second kappa shape index (κ2) is 12.1. The first kappa shape index (κ1) is 23.6. The highest BCUT2D eigenvalue weighted by atomic mass is 32.2. The Hall–Kier alpha value is -2.72. The summed E-state index contributed by atoms with van der Waals surface area (Å²) in [6, 6.07) is 9.33. The molecule has 0 spiro atoms. The van der Waals surface area contributed by atoms with Gasteiger partial charge in [-0.1, -0.05) is 35.2 Å². The highest BCUT2D eigenvalue weighted by Crippen LogP contribution is 2.26. The molecular formula is C18H20N6O4S2. The molecule has 2 N–H and O–H groups in total. The Labute approximate surface area is 178 Å². The minimum Gasteiger partial charge on any atom is -0.302 e. The molecular weight excluding hydrogens is 428 g/mol. The molecule has 2 rings (SSSR count). The predicted molar refractivity (Wildman–Crippen MR) is 114 cm³/mol. The molecule has 2 aromatic carbocycles. The van der Waals surface area contributed by atoms with Gasteiger partial charge in [0.25, 0.3) is 0 Å². The van der Waals surface area contributed by atoms with E-state index in [1.165, 1.54) is 12.1 Å². The van der Waals surface area contributed by atoms with E-state index in [2.05, 4.69) is 20.1 Å². The van der Waals surface area contributed by atoms with Crippen molar-refractivity contribution in [2.45, 2.75) is 48.3 Å². The zero-order valence-corrected chi connectivity index (χ0v) is 17.6. The van der Waals surface area contributed by atoms with E-state index in [1.54, 1.807) is 24.3 Å². The second-order valence-electron chi connectivity index (χ2n) is 6.37. The summed E-state index contributed by atoms with van der Waals surface area (Å²) in [6.45, 7) is 0. The second-order valence-corrected chi connectivity index (χ2v) is 8.31. The van der Waals surface area contributed by atoms with Crippen LogP contribution in [0, 0.1) is 0 Å². The molecule has 2 atom stereocenters. The average Bonchev–Trinajstić information content (AvgIpc) is 2.72. The van der Waals surface area contributed by atoms with Crippen molar-refractivity contribution in [1.82, 2.24) is 0 Å². The van der Waals surface area contributed by atoms with Crippen LogP contribution in [-0.2, 0) is 35.0 Å². The number of nitrogens with zero attached hydrogens (tertiary/aromatic N) is 6. The van der Waals surface area contributed by atoms with Crippen molar-refractivity contribution in [2.75, 3.05) is 0 Å². The van der Waals surface area contributed by atoms with Crippen molar-refractivity contribution in [3.63, 3.8) is 0 Å². The van der Waals surface area contributed by atoms with Gasteiger partial charge in [-0.15, -0.1) is 0 Å². The van der Waals surface area contributed by atoms with Gasteiger partial charge in [-0.05, 0) is 72.1 Å². The smallest absolute Gasteiger partial charge is 0.186 e. The first-order valence-electron chi connectivity index (χ1n) is 9.04. The normalized spacial score (nSPS) is 12.5. The summed E-state index contributed by atoms with van der Waals surface area (Å²) in [4.78, 5) is 5.92. The highest BCUT2D eigenvalue weighted by molar-refractivity contribution is 7.79. The first-order chi connectivity index (χ1) is 14.5. The zero-order valence-electron chi connectivity index (χ0n) is 15.9. The molecule has 0 aliphatic rings. The van der Waals surface area contributed by atoms with Crippen LogP contribution in [0.1, 0.15) is 36.8 Å². The van der Waals surface area contributed by atoms with Gasteiger partial charge in [-0.25, -0.2) is 8.42 Å². The van der Waals surface area contributed by atoms with Crippen LogP contribution in [0.15, 0.2) is 56.4 Å². The lowest BCUT2D eigenvalue weighted by Gasteiger charge is -2.08. The van der Waals surface area contributed by atoms with Gasteiger partial charge in [0.2, 0.25) is 0 Å². The minimum absolute atomic E-state index is 0.188. The maximum absolute atomic E-state index is 11.2. The predicted octanol–water partition coefficient (Wildman–Crippen LogP) is 6.08. The summed E-state index contributed by atoms with van der Waals surface area (Å²) in [5.41, 5.74) is 19.7. The maximum atomic E-state index is 11.2. The Kier molecular flexibility index (Phi) is 9.49. The molecule has 0 aliphatic carbocycles.